The largest absolute Gasteiger partial charge is 0.352 e. The van der Waals surface area contributed by atoms with Crippen LogP contribution >= 0.6 is 0 Å². The highest BCUT2D eigenvalue weighted by Gasteiger charge is 2.13. The van der Waals surface area contributed by atoms with Crippen molar-refractivity contribution in [2.75, 3.05) is 0 Å². The molecule has 1 unspecified atom stereocenters. The van der Waals surface area contributed by atoms with Gasteiger partial charge in [-0.25, -0.2) is 0 Å². The van der Waals surface area contributed by atoms with Crippen LogP contribution in [0.5, 0.6) is 0 Å². The second kappa shape index (κ2) is 6.48. The zero-order chi connectivity index (χ0) is 14.5. The van der Waals surface area contributed by atoms with Crippen LogP contribution in [0.25, 0.3) is 10.9 Å². The quantitative estimate of drug-likeness (QED) is 0.876. The molecule has 4 heteroatoms. The number of fused-ring (bicyclic) bond motifs is 1. The third-order valence-corrected chi connectivity index (χ3v) is 3.47. The number of nitrogens with two attached hydrogens (primary N) is 1. The lowest BCUT2D eigenvalue weighted by Gasteiger charge is -2.15. The Morgan fingerprint density at radius 2 is 2.05 bits per heavy atom. The lowest BCUT2D eigenvalue weighted by molar-refractivity contribution is -0.121. The maximum Gasteiger partial charge on any atom is 0.221 e. The molecule has 20 heavy (non-hydrogen) atoms. The van der Waals surface area contributed by atoms with Gasteiger partial charge in [0.1, 0.15) is 0 Å². The molecule has 0 saturated carbocycles. The van der Waals surface area contributed by atoms with Crippen LogP contribution < -0.4 is 11.1 Å². The van der Waals surface area contributed by atoms with E-state index in [1.165, 1.54) is 0 Å². The zero-order valence-electron chi connectivity index (χ0n) is 12.0. The van der Waals surface area contributed by atoms with E-state index in [1.807, 2.05) is 44.2 Å². The van der Waals surface area contributed by atoms with E-state index >= 15 is 0 Å². The van der Waals surface area contributed by atoms with E-state index in [4.69, 9.17) is 5.73 Å². The maximum absolute atomic E-state index is 11.9. The van der Waals surface area contributed by atoms with Crippen LogP contribution in [-0.4, -0.2) is 16.9 Å². The Bertz CT molecular complexity index is 590. The first-order chi connectivity index (χ1) is 9.58. The van der Waals surface area contributed by atoms with Crippen LogP contribution in [0.2, 0.25) is 0 Å². The molecule has 0 saturated heterocycles. The molecular weight excluding hydrogens is 250 g/mol. The second-order valence-corrected chi connectivity index (χ2v) is 5.38. The van der Waals surface area contributed by atoms with Crippen LogP contribution in [0, 0.1) is 5.92 Å². The summed E-state index contributed by atoms with van der Waals surface area (Å²) in [6, 6.07) is 9.81. The van der Waals surface area contributed by atoms with Gasteiger partial charge < -0.3 is 11.1 Å². The van der Waals surface area contributed by atoms with Crippen LogP contribution in [0.4, 0.5) is 0 Å². The van der Waals surface area contributed by atoms with Gasteiger partial charge in [0.25, 0.3) is 0 Å². The molecule has 0 spiro atoms. The Kier molecular flexibility index (Phi) is 4.69. The van der Waals surface area contributed by atoms with Gasteiger partial charge in [-0.15, -0.1) is 0 Å². The second-order valence-electron chi connectivity index (χ2n) is 5.38. The maximum atomic E-state index is 11.9. The van der Waals surface area contributed by atoms with Crippen molar-refractivity contribution >= 4 is 16.8 Å². The smallest absolute Gasteiger partial charge is 0.221 e. The summed E-state index contributed by atoms with van der Waals surface area (Å²) < 4.78 is 0. The van der Waals surface area contributed by atoms with E-state index in [0.717, 1.165) is 16.5 Å². The molecule has 106 valence electrons. The molecule has 0 bridgehead atoms. The van der Waals surface area contributed by atoms with Crippen molar-refractivity contribution < 1.29 is 4.79 Å². The number of pyridine rings is 1. The van der Waals surface area contributed by atoms with Gasteiger partial charge in [0.15, 0.2) is 0 Å². The van der Waals surface area contributed by atoms with Crippen molar-refractivity contribution in [2.45, 2.75) is 32.9 Å². The number of hydrogen-bond acceptors (Lipinski definition) is 3. The number of nitrogens with one attached hydrogen (secondary N) is 1. The number of hydrogen-bond donors (Lipinski definition) is 2. The molecule has 2 aromatic rings. The van der Waals surface area contributed by atoms with E-state index < -0.39 is 0 Å². The lowest BCUT2D eigenvalue weighted by Crippen LogP contribution is -2.34. The summed E-state index contributed by atoms with van der Waals surface area (Å²) in [5.74, 6) is 0.291. The van der Waals surface area contributed by atoms with Gasteiger partial charge in [-0.3, -0.25) is 9.78 Å². The number of para-hydroxylation sites is 1. The van der Waals surface area contributed by atoms with Crippen molar-refractivity contribution in [3.63, 3.8) is 0 Å². The van der Waals surface area contributed by atoms with Crippen molar-refractivity contribution in [1.29, 1.82) is 0 Å². The normalized spacial score (nSPS) is 12.6. The Morgan fingerprint density at radius 1 is 1.30 bits per heavy atom. The lowest BCUT2D eigenvalue weighted by atomic mass is 10.0. The van der Waals surface area contributed by atoms with E-state index in [0.29, 0.717) is 18.9 Å². The third-order valence-electron chi connectivity index (χ3n) is 3.47. The predicted octanol–water partition coefficient (Wildman–Crippen LogP) is 2.22. The van der Waals surface area contributed by atoms with Gasteiger partial charge in [-0.1, -0.05) is 38.1 Å². The number of carbonyl (C=O) groups is 1. The fraction of sp³-hybridized carbons (Fsp3) is 0.375. The molecule has 2 rings (SSSR count). The number of amides is 1. The van der Waals surface area contributed by atoms with E-state index in [-0.39, 0.29) is 11.9 Å². The Morgan fingerprint density at radius 3 is 2.80 bits per heavy atom. The standard InChI is InChI=1S/C16H21N3O/c1-11(2)14(17)9-15(20)19-10-13-6-3-5-12-7-4-8-18-16(12)13/h3-8,11,14H,9-10,17H2,1-2H3,(H,19,20). The van der Waals surface area contributed by atoms with Crippen molar-refractivity contribution in [3.8, 4) is 0 Å². The van der Waals surface area contributed by atoms with Crippen LogP contribution in [0.1, 0.15) is 25.8 Å². The van der Waals surface area contributed by atoms with E-state index in [2.05, 4.69) is 10.3 Å². The number of aromatic nitrogens is 1. The summed E-state index contributed by atoms with van der Waals surface area (Å²) in [4.78, 5) is 16.2. The van der Waals surface area contributed by atoms with Gasteiger partial charge in [-0.2, -0.15) is 0 Å². The molecule has 1 atom stereocenters. The van der Waals surface area contributed by atoms with Gasteiger partial charge in [0.05, 0.1) is 5.52 Å². The van der Waals surface area contributed by atoms with E-state index in [9.17, 15) is 4.79 Å². The van der Waals surface area contributed by atoms with Gasteiger partial charge >= 0.3 is 0 Å². The molecule has 1 aromatic heterocycles. The minimum Gasteiger partial charge on any atom is -0.352 e. The number of rotatable bonds is 5. The molecule has 0 radical (unpaired) electrons. The first-order valence-electron chi connectivity index (χ1n) is 6.93. The van der Waals surface area contributed by atoms with Crippen molar-refractivity contribution in [1.82, 2.24) is 10.3 Å². The molecule has 1 heterocycles. The molecule has 3 N–H and O–H groups in total. The number of carbonyl (C=O) groups excluding carboxylic acids is 1. The first-order valence-corrected chi connectivity index (χ1v) is 6.93. The molecular formula is C16H21N3O. The van der Waals surface area contributed by atoms with E-state index in [1.54, 1.807) is 6.20 Å². The summed E-state index contributed by atoms with van der Waals surface area (Å²) in [6.07, 6.45) is 2.12. The number of nitrogens with zero attached hydrogens (tertiary/aromatic N) is 1. The predicted molar refractivity (Wildman–Crippen MR) is 81.0 cm³/mol. The molecule has 4 nitrogen and oxygen atoms in total. The number of benzene rings is 1. The van der Waals surface area contributed by atoms with Gasteiger partial charge in [-0.05, 0) is 17.5 Å². The highest BCUT2D eigenvalue weighted by Crippen LogP contribution is 2.15. The molecule has 0 aliphatic heterocycles. The van der Waals surface area contributed by atoms with Gasteiger partial charge in [0, 0.05) is 30.6 Å². The summed E-state index contributed by atoms with van der Waals surface area (Å²) >= 11 is 0. The average molecular weight is 271 g/mol. The Balaban J connectivity index is 2.01. The highest BCUT2D eigenvalue weighted by atomic mass is 16.1. The average Bonchev–Trinajstić information content (AvgIpc) is 2.44. The topological polar surface area (TPSA) is 68.0 Å². The summed E-state index contributed by atoms with van der Waals surface area (Å²) in [5.41, 5.74) is 7.86. The zero-order valence-corrected chi connectivity index (χ0v) is 12.0. The van der Waals surface area contributed by atoms with Crippen LogP contribution in [-0.2, 0) is 11.3 Å². The summed E-state index contributed by atoms with van der Waals surface area (Å²) in [6.45, 7) is 4.52. The third kappa shape index (κ3) is 3.54. The highest BCUT2D eigenvalue weighted by molar-refractivity contribution is 5.82. The van der Waals surface area contributed by atoms with Crippen molar-refractivity contribution in [3.05, 3.63) is 42.1 Å². The molecule has 0 aliphatic rings. The molecule has 0 aliphatic carbocycles. The summed E-state index contributed by atoms with van der Waals surface area (Å²) in [5, 5.41) is 4.00. The first kappa shape index (κ1) is 14.5. The monoisotopic (exact) mass is 271 g/mol. The fourth-order valence-corrected chi connectivity index (χ4v) is 2.03. The van der Waals surface area contributed by atoms with Crippen LogP contribution in [0.15, 0.2) is 36.5 Å². The van der Waals surface area contributed by atoms with Crippen molar-refractivity contribution in [2.24, 2.45) is 11.7 Å². The molecule has 0 fully saturated rings. The van der Waals surface area contributed by atoms with Gasteiger partial charge in [0.2, 0.25) is 5.91 Å². The fourth-order valence-electron chi connectivity index (χ4n) is 2.03. The minimum atomic E-state index is -0.0966. The summed E-state index contributed by atoms with van der Waals surface area (Å²) in [7, 11) is 0. The SMILES string of the molecule is CC(C)C(N)CC(=O)NCc1cccc2cccnc12. The van der Waals surface area contributed by atoms with Crippen LogP contribution in [0.3, 0.4) is 0 Å². The molecule has 1 aromatic carbocycles. The Labute approximate surface area is 119 Å². The molecule has 1 amide bonds. The minimum absolute atomic E-state index is 0.0147. The Hall–Kier alpha value is -1.94.